The predicted octanol–water partition coefficient (Wildman–Crippen LogP) is 3.96. The molecule has 0 N–H and O–H groups in total. The van der Waals surface area contributed by atoms with Crippen molar-refractivity contribution >= 4 is 11.0 Å². The summed E-state index contributed by atoms with van der Waals surface area (Å²) in [5.74, 6) is 7.24. The molecule has 20 heavy (non-hydrogen) atoms. The monoisotopic (exact) mass is 260 g/mol. The SMILES string of the molecule is CC#Cc1cccc2nc(CC)n(-c3ccccc3)c12. The Morgan fingerprint density at radius 1 is 1.05 bits per heavy atom. The second kappa shape index (κ2) is 5.22. The molecule has 0 unspecified atom stereocenters. The summed E-state index contributed by atoms with van der Waals surface area (Å²) < 4.78 is 2.22. The smallest absolute Gasteiger partial charge is 0.114 e. The number of nitrogens with zero attached hydrogens (tertiary/aromatic N) is 2. The van der Waals surface area contributed by atoms with E-state index in [1.807, 2.05) is 19.1 Å². The molecule has 3 rings (SSSR count). The fraction of sp³-hybridized carbons (Fsp3) is 0.167. The summed E-state index contributed by atoms with van der Waals surface area (Å²) in [5.41, 5.74) is 4.27. The molecule has 0 aliphatic rings. The van der Waals surface area contributed by atoms with Gasteiger partial charge in [-0.2, -0.15) is 0 Å². The molecule has 0 saturated heterocycles. The van der Waals surface area contributed by atoms with Crippen molar-refractivity contribution in [1.82, 2.24) is 9.55 Å². The molecular weight excluding hydrogens is 244 g/mol. The summed E-state index contributed by atoms with van der Waals surface area (Å²) in [6, 6.07) is 16.5. The summed E-state index contributed by atoms with van der Waals surface area (Å²) in [7, 11) is 0. The molecule has 3 aromatic rings. The number of rotatable bonds is 2. The van der Waals surface area contributed by atoms with E-state index < -0.39 is 0 Å². The third-order valence-electron chi connectivity index (χ3n) is 3.34. The van der Waals surface area contributed by atoms with Gasteiger partial charge >= 0.3 is 0 Å². The zero-order valence-corrected chi connectivity index (χ0v) is 11.7. The molecule has 1 heterocycles. The minimum absolute atomic E-state index is 0.891. The number of benzene rings is 2. The molecule has 1 aromatic heterocycles. The Bertz CT molecular complexity index is 802. The molecule has 2 aromatic carbocycles. The summed E-state index contributed by atoms with van der Waals surface area (Å²) >= 11 is 0. The molecular formula is C18H16N2. The highest BCUT2D eigenvalue weighted by atomic mass is 15.1. The highest BCUT2D eigenvalue weighted by Crippen LogP contribution is 2.24. The van der Waals surface area contributed by atoms with Gasteiger partial charge in [0.25, 0.3) is 0 Å². The molecule has 98 valence electrons. The molecule has 0 spiro atoms. The average molecular weight is 260 g/mol. The maximum atomic E-state index is 4.75. The van der Waals surface area contributed by atoms with Gasteiger partial charge in [0.15, 0.2) is 0 Å². The lowest BCUT2D eigenvalue weighted by Gasteiger charge is -2.09. The Morgan fingerprint density at radius 2 is 1.85 bits per heavy atom. The van der Waals surface area contributed by atoms with Gasteiger partial charge in [0.05, 0.1) is 16.6 Å². The summed E-state index contributed by atoms with van der Waals surface area (Å²) in [6.45, 7) is 3.99. The fourth-order valence-corrected chi connectivity index (χ4v) is 2.50. The van der Waals surface area contributed by atoms with Crippen molar-refractivity contribution in [1.29, 1.82) is 0 Å². The molecule has 2 heteroatoms. The number of aromatic nitrogens is 2. The third kappa shape index (κ3) is 1.98. The van der Waals surface area contributed by atoms with Gasteiger partial charge in [-0.05, 0) is 31.2 Å². The predicted molar refractivity (Wildman–Crippen MR) is 83.0 cm³/mol. The topological polar surface area (TPSA) is 17.8 Å². The molecule has 0 aliphatic heterocycles. The van der Waals surface area contributed by atoms with Crippen LogP contribution < -0.4 is 0 Å². The van der Waals surface area contributed by atoms with Crippen LogP contribution in [0.1, 0.15) is 25.2 Å². The van der Waals surface area contributed by atoms with Crippen molar-refractivity contribution in [2.45, 2.75) is 20.3 Å². The lowest BCUT2D eigenvalue weighted by molar-refractivity contribution is 0.908. The number of para-hydroxylation sites is 2. The first-order valence-corrected chi connectivity index (χ1v) is 6.83. The van der Waals surface area contributed by atoms with E-state index in [0.717, 1.165) is 34.5 Å². The Labute approximate surface area is 119 Å². The Morgan fingerprint density at radius 3 is 2.55 bits per heavy atom. The van der Waals surface area contributed by atoms with Crippen LogP contribution in [0.2, 0.25) is 0 Å². The molecule has 2 nitrogen and oxygen atoms in total. The van der Waals surface area contributed by atoms with Crippen molar-refractivity contribution in [2.24, 2.45) is 0 Å². The van der Waals surface area contributed by atoms with Gasteiger partial charge in [0.1, 0.15) is 5.82 Å². The van der Waals surface area contributed by atoms with E-state index in [-0.39, 0.29) is 0 Å². The zero-order chi connectivity index (χ0) is 13.9. The van der Waals surface area contributed by atoms with Gasteiger partial charge in [0, 0.05) is 12.1 Å². The number of fused-ring (bicyclic) bond motifs is 1. The second-order valence-corrected chi connectivity index (χ2v) is 4.60. The first kappa shape index (κ1) is 12.5. The van der Waals surface area contributed by atoms with Crippen LogP contribution in [0.15, 0.2) is 48.5 Å². The standard InChI is InChI=1S/C18H16N2/c1-3-9-14-10-8-13-16-18(14)20(17(4-2)19-16)15-11-6-5-7-12-15/h5-8,10-13H,4H2,1-2H3. The fourth-order valence-electron chi connectivity index (χ4n) is 2.50. The van der Waals surface area contributed by atoms with Crippen LogP contribution in [0.4, 0.5) is 0 Å². The van der Waals surface area contributed by atoms with Crippen LogP contribution in [-0.2, 0) is 6.42 Å². The normalized spacial score (nSPS) is 10.3. The van der Waals surface area contributed by atoms with Gasteiger partial charge in [-0.25, -0.2) is 4.98 Å². The van der Waals surface area contributed by atoms with Gasteiger partial charge in [-0.1, -0.05) is 37.1 Å². The number of aryl methyl sites for hydroxylation is 1. The van der Waals surface area contributed by atoms with Gasteiger partial charge in [-0.3, -0.25) is 4.57 Å². The van der Waals surface area contributed by atoms with Crippen LogP contribution in [0.5, 0.6) is 0 Å². The first-order valence-electron chi connectivity index (χ1n) is 6.83. The van der Waals surface area contributed by atoms with Gasteiger partial charge in [-0.15, -0.1) is 5.92 Å². The second-order valence-electron chi connectivity index (χ2n) is 4.60. The minimum atomic E-state index is 0.891. The lowest BCUT2D eigenvalue weighted by atomic mass is 10.1. The van der Waals surface area contributed by atoms with Crippen LogP contribution in [-0.4, -0.2) is 9.55 Å². The number of hydrogen-bond donors (Lipinski definition) is 0. The molecule has 0 amide bonds. The van der Waals surface area contributed by atoms with E-state index in [0.29, 0.717) is 0 Å². The Kier molecular flexibility index (Phi) is 3.26. The van der Waals surface area contributed by atoms with Crippen molar-refractivity contribution in [3.8, 4) is 17.5 Å². The molecule has 0 saturated carbocycles. The third-order valence-corrected chi connectivity index (χ3v) is 3.34. The van der Waals surface area contributed by atoms with Crippen LogP contribution in [0, 0.1) is 11.8 Å². The average Bonchev–Trinajstić information content (AvgIpc) is 2.88. The Balaban J connectivity index is 2.41. The maximum absolute atomic E-state index is 4.75. The maximum Gasteiger partial charge on any atom is 0.114 e. The van der Waals surface area contributed by atoms with Crippen molar-refractivity contribution in [2.75, 3.05) is 0 Å². The van der Waals surface area contributed by atoms with E-state index in [4.69, 9.17) is 4.98 Å². The largest absolute Gasteiger partial charge is 0.295 e. The highest BCUT2D eigenvalue weighted by molar-refractivity contribution is 5.84. The summed E-state index contributed by atoms with van der Waals surface area (Å²) in [4.78, 5) is 4.75. The van der Waals surface area contributed by atoms with Crippen LogP contribution in [0.3, 0.4) is 0 Å². The van der Waals surface area contributed by atoms with E-state index in [9.17, 15) is 0 Å². The summed E-state index contributed by atoms with van der Waals surface area (Å²) in [5, 5.41) is 0. The lowest BCUT2D eigenvalue weighted by Crippen LogP contribution is -2.00. The van der Waals surface area contributed by atoms with Crippen molar-refractivity contribution in [3.63, 3.8) is 0 Å². The van der Waals surface area contributed by atoms with Crippen molar-refractivity contribution in [3.05, 3.63) is 59.9 Å². The van der Waals surface area contributed by atoms with E-state index in [2.05, 4.69) is 59.7 Å². The first-order chi connectivity index (χ1) is 9.85. The van der Waals surface area contributed by atoms with E-state index >= 15 is 0 Å². The summed E-state index contributed by atoms with van der Waals surface area (Å²) in [6.07, 6.45) is 0.891. The molecule has 0 aliphatic carbocycles. The van der Waals surface area contributed by atoms with Crippen molar-refractivity contribution < 1.29 is 0 Å². The minimum Gasteiger partial charge on any atom is -0.295 e. The molecule has 0 bridgehead atoms. The molecule has 0 atom stereocenters. The highest BCUT2D eigenvalue weighted by Gasteiger charge is 2.13. The Hall–Kier alpha value is -2.53. The molecule has 0 fully saturated rings. The van der Waals surface area contributed by atoms with Gasteiger partial charge < -0.3 is 0 Å². The zero-order valence-electron chi connectivity index (χ0n) is 11.7. The molecule has 0 radical (unpaired) electrons. The number of imidazole rings is 1. The van der Waals surface area contributed by atoms with Gasteiger partial charge in [0.2, 0.25) is 0 Å². The van der Waals surface area contributed by atoms with Crippen LogP contribution in [0.25, 0.3) is 16.7 Å². The quantitative estimate of drug-likeness (QED) is 0.638. The van der Waals surface area contributed by atoms with E-state index in [1.165, 1.54) is 0 Å². The van der Waals surface area contributed by atoms with E-state index in [1.54, 1.807) is 0 Å². The number of hydrogen-bond acceptors (Lipinski definition) is 1. The van der Waals surface area contributed by atoms with Crippen LogP contribution >= 0.6 is 0 Å².